The summed E-state index contributed by atoms with van der Waals surface area (Å²) in [4.78, 5) is 8.81. The number of thiazole rings is 1. The topological polar surface area (TPSA) is 135 Å². The monoisotopic (exact) mass is 413 g/mol. The molecule has 0 aliphatic heterocycles. The van der Waals surface area contributed by atoms with Crippen molar-refractivity contribution in [2.24, 2.45) is 0 Å². The predicted octanol–water partition coefficient (Wildman–Crippen LogP) is 2.81. The first-order valence-electron chi connectivity index (χ1n) is 8.48. The zero-order valence-corrected chi connectivity index (χ0v) is 16.8. The van der Waals surface area contributed by atoms with Crippen molar-refractivity contribution in [3.05, 3.63) is 30.3 Å². The molecular weight excluding hydrogens is 394 g/mol. The molecule has 0 bridgehead atoms. The van der Waals surface area contributed by atoms with E-state index in [1.54, 1.807) is 39.5 Å². The minimum atomic E-state index is 0.201. The summed E-state index contributed by atoms with van der Waals surface area (Å²) >= 11 is 1.42. The van der Waals surface area contributed by atoms with Gasteiger partial charge in [-0.1, -0.05) is 11.3 Å². The van der Waals surface area contributed by atoms with Gasteiger partial charge in [-0.05, 0) is 18.2 Å². The number of nitrogens with one attached hydrogen (secondary N) is 1. The van der Waals surface area contributed by atoms with Crippen LogP contribution in [0.25, 0.3) is 15.3 Å². The van der Waals surface area contributed by atoms with Crippen LogP contribution in [-0.4, -0.2) is 41.1 Å². The maximum absolute atomic E-state index is 6.06. The number of rotatable bonds is 6. The van der Waals surface area contributed by atoms with Crippen molar-refractivity contribution < 1.29 is 14.2 Å². The van der Waals surface area contributed by atoms with Crippen LogP contribution < -0.4 is 31.0 Å². The third kappa shape index (κ3) is 3.43. The summed E-state index contributed by atoms with van der Waals surface area (Å²) in [6.45, 7) is 0. The molecule has 2 aromatic carbocycles. The van der Waals surface area contributed by atoms with E-state index in [1.807, 2.05) is 12.1 Å². The van der Waals surface area contributed by atoms with Crippen LogP contribution in [0, 0.1) is 0 Å². The second-order valence-corrected chi connectivity index (χ2v) is 6.98. The number of hydrogen-bond donors (Lipinski definition) is 3. The molecule has 0 aliphatic carbocycles. The summed E-state index contributed by atoms with van der Waals surface area (Å²) < 4.78 is 18.5. The molecule has 2 heterocycles. The van der Waals surface area contributed by atoms with Gasteiger partial charge in [-0.2, -0.15) is 9.67 Å². The molecule has 4 aromatic rings. The number of methoxy groups -OCH3 is 3. The molecule has 0 atom stereocenters. The van der Waals surface area contributed by atoms with Crippen LogP contribution in [0.2, 0.25) is 0 Å². The maximum Gasteiger partial charge on any atom is 0.248 e. The van der Waals surface area contributed by atoms with Crippen molar-refractivity contribution in [3.8, 4) is 22.4 Å². The Morgan fingerprint density at radius 2 is 1.69 bits per heavy atom. The molecule has 0 amide bonds. The van der Waals surface area contributed by atoms with Crippen molar-refractivity contribution in [1.29, 1.82) is 0 Å². The van der Waals surface area contributed by atoms with Gasteiger partial charge in [0.15, 0.2) is 11.5 Å². The van der Waals surface area contributed by atoms with E-state index in [-0.39, 0.29) is 5.95 Å². The average Bonchev–Trinajstić information content (AvgIpc) is 3.29. The molecule has 0 aliphatic rings. The lowest BCUT2D eigenvalue weighted by atomic mass is 10.2. The Morgan fingerprint density at radius 3 is 2.34 bits per heavy atom. The van der Waals surface area contributed by atoms with Gasteiger partial charge in [-0.15, -0.1) is 5.10 Å². The van der Waals surface area contributed by atoms with Crippen molar-refractivity contribution in [1.82, 2.24) is 19.7 Å². The number of nitrogen functional groups attached to an aromatic ring is 2. The van der Waals surface area contributed by atoms with Crippen molar-refractivity contribution in [2.45, 2.75) is 0 Å². The first-order chi connectivity index (χ1) is 14.0. The lowest BCUT2D eigenvalue weighted by molar-refractivity contribution is 0.324. The van der Waals surface area contributed by atoms with Crippen LogP contribution in [0.15, 0.2) is 30.3 Å². The summed E-state index contributed by atoms with van der Waals surface area (Å²) in [5.41, 5.74) is 14.0. The minimum absolute atomic E-state index is 0.201. The Hall–Kier alpha value is -3.73. The van der Waals surface area contributed by atoms with E-state index in [1.165, 1.54) is 16.0 Å². The fourth-order valence-electron chi connectivity index (χ4n) is 2.82. The zero-order valence-electron chi connectivity index (χ0n) is 16.0. The largest absolute Gasteiger partial charge is 0.493 e. The Bertz CT molecular complexity index is 1160. The van der Waals surface area contributed by atoms with Crippen LogP contribution in [0.5, 0.6) is 17.2 Å². The molecule has 150 valence electrons. The Labute approximate surface area is 170 Å². The number of ether oxygens (including phenoxy) is 3. The van der Waals surface area contributed by atoms with E-state index in [9.17, 15) is 0 Å². The van der Waals surface area contributed by atoms with Gasteiger partial charge < -0.3 is 31.0 Å². The molecule has 11 heteroatoms. The molecule has 0 unspecified atom stereocenters. The van der Waals surface area contributed by atoms with Gasteiger partial charge in [0.2, 0.25) is 22.8 Å². The van der Waals surface area contributed by atoms with Crippen LogP contribution >= 0.6 is 11.3 Å². The third-order valence-corrected chi connectivity index (χ3v) is 5.13. The van der Waals surface area contributed by atoms with Crippen molar-refractivity contribution >= 4 is 44.8 Å². The number of aromatic nitrogens is 4. The van der Waals surface area contributed by atoms with Gasteiger partial charge in [0.1, 0.15) is 0 Å². The first kappa shape index (κ1) is 18.6. The molecular formula is C18H19N7O3S. The van der Waals surface area contributed by atoms with Gasteiger partial charge in [-0.3, -0.25) is 0 Å². The number of fused-ring (bicyclic) bond motifs is 1. The molecule has 0 spiro atoms. The molecule has 0 saturated carbocycles. The number of nitrogens with zero attached hydrogens (tertiary/aromatic N) is 4. The molecule has 2 aromatic heterocycles. The van der Waals surface area contributed by atoms with Gasteiger partial charge in [0.25, 0.3) is 0 Å². The lowest BCUT2D eigenvalue weighted by Crippen LogP contribution is -2.02. The van der Waals surface area contributed by atoms with E-state index in [2.05, 4.69) is 20.4 Å². The SMILES string of the molecule is COc1cc(Nc2nc(N)n(-c3nc4ccc(N)cc4s3)n2)cc(OC)c1OC. The van der Waals surface area contributed by atoms with E-state index in [4.69, 9.17) is 25.7 Å². The summed E-state index contributed by atoms with van der Waals surface area (Å²) in [7, 11) is 4.64. The van der Waals surface area contributed by atoms with E-state index in [0.29, 0.717) is 39.7 Å². The van der Waals surface area contributed by atoms with Crippen LogP contribution in [0.3, 0.4) is 0 Å². The van der Waals surface area contributed by atoms with Crippen LogP contribution in [0.1, 0.15) is 0 Å². The van der Waals surface area contributed by atoms with Crippen molar-refractivity contribution in [3.63, 3.8) is 0 Å². The molecule has 0 radical (unpaired) electrons. The summed E-state index contributed by atoms with van der Waals surface area (Å²) in [6, 6.07) is 9.01. The number of anilines is 4. The fraction of sp³-hybridized carbons (Fsp3) is 0.167. The molecule has 0 fully saturated rings. The Morgan fingerprint density at radius 1 is 0.966 bits per heavy atom. The molecule has 4 rings (SSSR count). The van der Waals surface area contributed by atoms with Gasteiger partial charge in [0.05, 0.1) is 31.5 Å². The highest BCUT2D eigenvalue weighted by Crippen LogP contribution is 2.40. The van der Waals surface area contributed by atoms with Crippen LogP contribution in [0.4, 0.5) is 23.3 Å². The number of nitrogens with two attached hydrogens (primary N) is 2. The summed E-state index contributed by atoms with van der Waals surface area (Å²) in [5, 5.41) is 8.11. The highest BCUT2D eigenvalue weighted by molar-refractivity contribution is 7.20. The molecule has 0 saturated heterocycles. The standard InChI is InChI=1S/C18H19N7O3S/c1-26-12-7-10(8-13(27-2)15(12)28-3)21-17-23-16(20)25(24-17)18-22-11-5-4-9(19)6-14(11)29-18/h4-8H,19H2,1-3H3,(H3,20,21,23,24). The average molecular weight is 413 g/mol. The fourth-order valence-corrected chi connectivity index (χ4v) is 3.79. The normalized spacial score (nSPS) is 10.9. The lowest BCUT2D eigenvalue weighted by Gasteiger charge is -2.14. The Balaban J connectivity index is 1.67. The van der Waals surface area contributed by atoms with E-state index < -0.39 is 0 Å². The molecule has 10 nitrogen and oxygen atoms in total. The summed E-state index contributed by atoms with van der Waals surface area (Å²) in [5.74, 6) is 2.01. The van der Waals surface area contributed by atoms with E-state index in [0.717, 1.165) is 10.2 Å². The molecule has 29 heavy (non-hydrogen) atoms. The maximum atomic E-state index is 6.06. The summed E-state index contributed by atoms with van der Waals surface area (Å²) in [6.07, 6.45) is 0. The quantitative estimate of drug-likeness (QED) is 0.408. The molecule has 5 N–H and O–H groups in total. The second-order valence-electron chi connectivity index (χ2n) is 5.97. The highest BCUT2D eigenvalue weighted by Gasteiger charge is 2.16. The number of benzene rings is 2. The highest BCUT2D eigenvalue weighted by atomic mass is 32.1. The Kier molecular flexibility index (Phi) is 4.72. The predicted molar refractivity (Wildman–Crippen MR) is 113 cm³/mol. The zero-order chi connectivity index (χ0) is 20.5. The number of hydrogen-bond acceptors (Lipinski definition) is 10. The smallest absolute Gasteiger partial charge is 0.248 e. The van der Waals surface area contributed by atoms with Gasteiger partial charge >= 0.3 is 0 Å². The third-order valence-electron chi connectivity index (χ3n) is 4.14. The minimum Gasteiger partial charge on any atom is -0.493 e. The van der Waals surface area contributed by atoms with Crippen LogP contribution in [-0.2, 0) is 0 Å². The van der Waals surface area contributed by atoms with Crippen molar-refractivity contribution in [2.75, 3.05) is 38.1 Å². The first-order valence-corrected chi connectivity index (χ1v) is 9.30. The van der Waals surface area contributed by atoms with E-state index >= 15 is 0 Å². The van der Waals surface area contributed by atoms with Gasteiger partial charge in [0, 0.05) is 23.5 Å². The second kappa shape index (κ2) is 7.36. The van der Waals surface area contributed by atoms with Gasteiger partial charge in [-0.25, -0.2) is 4.98 Å².